The second kappa shape index (κ2) is 13.2. The minimum atomic E-state index is -0.859. The number of anilines is 1. The predicted octanol–water partition coefficient (Wildman–Crippen LogP) is 3.43. The zero-order chi connectivity index (χ0) is 25.1. The van der Waals surface area contributed by atoms with Crippen LogP contribution in [0, 0.1) is 6.92 Å². The van der Waals surface area contributed by atoms with Crippen LogP contribution in [0.5, 0.6) is 11.5 Å². The summed E-state index contributed by atoms with van der Waals surface area (Å²) in [6.07, 6.45) is 2.08. The average Bonchev–Trinajstić information content (AvgIpc) is 2.81. The summed E-state index contributed by atoms with van der Waals surface area (Å²) in [4.78, 5) is 35.9. The van der Waals surface area contributed by atoms with Crippen molar-refractivity contribution in [3.05, 3.63) is 52.5 Å². The van der Waals surface area contributed by atoms with E-state index < -0.39 is 11.8 Å². The number of nitrogens with one attached hydrogen (secondary N) is 3. The molecule has 34 heavy (non-hydrogen) atoms. The average molecular weight is 489 g/mol. The smallest absolute Gasteiger partial charge is 0.329 e. The Labute approximate surface area is 203 Å². The van der Waals surface area contributed by atoms with Crippen LogP contribution in [0.25, 0.3) is 0 Å². The van der Waals surface area contributed by atoms with Crippen molar-refractivity contribution in [1.82, 2.24) is 10.7 Å². The Morgan fingerprint density at radius 1 is 1.09 bits per heavy atom. The molecule has 3 N–H and O–H groups in total. The van der Waals surface area contributed by atoms with E-state index in [0.717, 1.165) is 5.56 Å². The zero-order valence-electron chi connectivity index (χ0n) is 19.6. The van der Waals surface area contributed by atoms with Crippen LogP contribution in [0.3, 0.4) is 0 Å². The van der Waals surface area contributed by atoms with Crippen molar-refractivity contribution >= 4 is 41.2 Å². The Morgan fingerprint density at radius 2 is 1.85 bits per heavy atom. The van der Waals surface area contributed by atoms with Crippen molar-refractivity contribution in [2.24, 2.45) is 5.10 Å². The number of benzene rings is 2. The molecule has 0 bridgehead atoms. The summed E-state index contributed by atoms with van der Waals surface area (Å²) in [6, 6.07) is 10.1. The van der Waals surface area contributed by atoms with Gasteiger partial charge in [0.05, 0.1) is 12.8 Å². The number of ether oxygens (including phenoxy) is 2. The number of carbonyl (C=O) groups excluding carboxylic acids is 3. The summed E-state index contributed by atoms with van der Waals surface area (Å²) in [5.74, 6) is -1.19. The molecule has 0 aliphatic rings. The first-order valence-electron chi connectivity index (χ1n) is 10.8. The molecule has 2 rings (SSSR count). The van der Waals surface area contributed by atoms with E-state index >= 15 is 0 Å². The van der Waals surface area contributed by atoms with Gasteiger partial charge in [-0.1, -0.05) is 24.6 Å². The Balaban J connectivity index is 1.98. The normalized spacial score (nSPS) is 11.6. The third-order valence-corrected chi connectivity index (χ3v) is 5.15. The molecule has 9 nitrogen and oxygen atoms in total. The molecule has 2 aromatic carbocycles. The van der Waals surface area contributed by atoms with E-state index in [1.807, 2.05) is 20.8 Å². The fourth-order valence-electron chi connectivity index (χ4n) is 2.67. The first-order chi connectivity index (χ1) is 16.2. The summed E-state index contributed by atoms with van der Waals surface area (Å²) in [5, 5.41) is 9.68. The molecule has 0 fully saturated rings. The van der Waals surface area contributed by atoms with Gasteiger partial charge >= 0.3 is 11.8 Å². The SMILES string of the molecule is CCOc1cc(/C=N\NC(=O)C(=O)N[C@@H](C)CC)ccc1OCC(=O)Nc1cccc(Cl)c1C. The lowest BCUT2D eigenvalue weighted by atomic mass is 10.2. The molecule has 10 heteroatoms. The van der Waals surface area contributed by atoms with Gasteiger partial charge in [-0.05, 0) is 68.7 Å². The van der Waals surface area contributed by atoms with Gasteiger partial charge in [-0.25, -0.2) is 5.43 Å². The molecule has 182 valence electrons. The number of hydrogen-bond acceptors (Lipinski definition) is 6. The highest BCUT2D eigenvalue weighted by atomic mass is 35.5. The number of hydrazone groups is 1. The highest BCUT2D eigenvalue weighted by molar-refractivity contribution is 6.35. The Bertz CT molecular complexity index is 1060. The van der Waals surface area contributed by atoms with Crippen LogP contribution < -0.4 is 25.5 Å². The van der Waals surface area contributed by atoms with E-state index in [-0.39, 0.29) is 18.6 Å². The Hall–Kier alpha value is -3.59. The number of nitrogens with zero attached hydrogens (tertiary/aromatic N) is 1. The van der Waals surface area contributed by atoms with Crippen molar-refractivity contribution in [1.29, 1.82) is 0 Å². The summed E-state index contributed by atoms with van der Waals surface area (Å²) >= 11 is 6.08. The molecule has 0 spiro atoms. The van der Waals surface area contributed by atoms with E-state index in [1.54, 1.807) is 43.3 Å². The number of halogens is 1. The third-order valence-electron chi connectivity index (χ3n) is 4.74. The van der Waals surface area contributed by atoms with Gasteiger partial charge in [0.15, 0.2) is 18.1 Å². The van der Waals surface area contributed by atoms with Crippen LogP contribution in [-0.2, 0) is 14.4 Å². The second-order valence-corrected chi connectivity index (χ2v) is 7.78. The van der Waals surface area contributed by atoms with E-state index in [4.69, 9.17) is 21.1 Å². The quantitative estimate of drug-likeness (QED) is 0.269. The highest BCUT2D eigenvalue weighted by Gasteiger charge is 2.14. The molecule has 0 unspecified atom stereocenters. The maximum Gasteiger partial charge on any atom is 0.329 e. The zero-order valence-corrected chi connectivity index (χ0v) is 20.4. The molecule has 2 aromatic rings. The van der Waals surface area contributed by atoms with Crippen molar-refractivity contribution in [3.8, 4) is 11.5 Å². The monoisotopic (exact) mass is 488 g/mol. The lowest BCUT2D eigenvalue weighted by Crippen LogP contribution is -2.41. The van der Waals surface area contributed by atoms with Crippen molar-refractivity contribution in [3.63, 3.8) is 0 Å². The largest absolute Gasteiger partial charge is 0.490 e. The number of amides is 3. The van der Waals surface area contributed by atoms with Gasteiger partial charge in [0.25, 0.3) is 5.91 Å². The highest BCUT2D eigenvalue weighted by Crippen LogP contribution is 2.28. The van der Waals surface area contributed by atoms with Crippen molar-refractivity contribution < 1.29 is 23.9 Å². The van der Waals surface area contributed by atoms with Crippen LogP contribution >= 0.6 is 11.6 Å². The molecule has 0 radical (unpaired) electrons. The van der Waals surface area contributed by atoms with Gasteiger partial charge < -0.3 is 20.1 Å². The van der Waals surface area contributed by atoms with Crippen LogP contribution in [0.4, 0.5) is 5.69 Å². The summed E-state index contributed by atoms with van der Waals surface area (Å²) in [7, 11) is 0. The fraction of sp³-hybridized carbons (Fsp3) is 0.333. The van der Waals surface area contributed by atoms with Gasteiger partial charge in [-0.2, -0.15) is 5.10 Å². The Kier molecular flexibility index (Phi) is 10.3. The molecule has 0 aliphatic heterocycles. The number of carbonyl (C=O) groups is 3. The molecule has 3 amide bonds. The minimum absolute atomic E-state index is 0.111. The fourth-order valence-corrected chi connectivity index (χ4v) is 2.85. The van der Waals surface area contributed by atoms with Crippen LogP contribution in [0.1, 0.15) is 38.3 Å². The lowest BCUT2D eigenvalue weighted by Gasteiger charge is -2.13. The van der Waals surface area contributed by atoms with Gasteiger partial charge in [0.2, 0.25) is 0 Å². The summed E-state index contributed by atoms with van der Waals surface area (Å²) in [6.45, 7) is 7.46. The van der Waals surface area contributed by atoms with Crippen LogP contribution in [0.2, 0.25) is 5.02 Å². The molecular formula is C24H29ClN4O5. The van der Waals surface area contributed by atoms with E-state index in [1.165, 1.54) is 6.21 Å². The van der Waals surface area contributed by atoms with Gasteiger partial charge in [-0.3, -0.25) is 14.4 Å². The minimum Gasteiger partial charge on any atom is -0.490 e. The second-order valence-electron chi connectivity index (χ2n) is 7.37. The third kappa shape index (κ3) is 8.08. The molecule has 0 aliphatic carbocycles. The number of hydrogen-bond donors (Lipinski definition) is 3. The van der Waals surface area contributed by atoms with E-state index in [0.29, 0.717) is 40.8 Å². The topological polar surface area (TPSA) is 118 Å². The van der Waals surface area contributed by atoms with Crippen molar-refractivity contribution in [2.45, 2.75) is 40.2 Å². The van der Waals surface area contributed by atoms with Crippen LogP contribution in [0.15, 0.2) is 41.5 Å². The number of rotatable bonds is 10. The lowest BCUT2D eigenvalue weighted by molar-refractivity contribution is -0.139. The first kappa shape index (κ1) is 26.7. The Morgan fingerprint density at radius 3 is 2.56 bits per heavy atom. The van der Waals surface area contributed by atoms with Gasteiger partial charge in [-0.15, -0.1) is 0 Å². The maximum atomic E-state index is 12.3. The molecule has 0 aromatic heterocycles. The van der Waals surface area contributed by atoms with E-state index in [2.05, 4.69) is 21.2 Å². The molecule has 0 saturated heterocycles. The van der Waals surface area contributed by atoms with Gasteiger partial charge in [0.1, 0.15) is 0 Å². The van der Waals surface area contributed by atoms with Gasteiger partial charge in [0, 0.05) is 16.8 Å². The van der Waals surface area contributed by atoms with Crippen LogP contribution in [-0.4, -0.2) is 43.2 Å². The summed E-state index contributed by atoms with van der Waals surface area (Å²) < 4.78 is 11.2. The first-order valence-corrected chi connectivity index (χ1v) is 11.2. The molecule has 1 atom stereocenters. The maximum absolute atomic E-state index is 12.3. The molecule has 0 saturated carbocycles. The van der Waals surface area contributed by atoms with Crippen molar-refractivity contribution in [2.75, 3.05) is 18.5 Å². The predicted molar refractivity (Wildman–Crippen MR) is 132 cm³/mol. The van der Waals surface area contributed by atoms with E-state index in [9.17, 15) is 14.4 Å². The molecule has 0 heterocycles. The standard InChI is InChI=1S/C24H29ClN4O5/c1-5-15(3)27-23(31)24(32)29-26-13-17-10-11-20(21(12-17)33-6-2)34-14-22(30)28-19-9-7-8-18(25)16(19)4/h7-13,15H,5-6,14H2,1-4H3,(H,27,31)(H,28,30)(H,29,32)/b26-13-/t15-/m0/s1. The molecular weight excluding hydrogens is 460 g/mol. The summed E-state index contributed by atoms with van der Waals surface area (Å²) in [5.41, 5.74) is 4.15.